The molecule has 1 heterocycles. The molecule has 0 aliphatic rings. The molecular formula is C42H26O. The lowest BCUT2D eigenvalue weighted by atomic mass is 9.85. The van der Waals surface area contributed by atoms with Crippen LogP contribution in [-0.2, 0) is 0 Å². The first-order valence-electron chi connectivity index (χ1n) is 14.7. The topological polar surface area (TPSA) is 13.1 Å². The highest BCUT2D eigenvalue weighted by Crippen LogP contribution is 2.49. The fourth-order valence-corrected chi connectivity index (χ4v) is 7.23. The minimum atomic E-state index is 0.897. The van der Waals surface area contributed by atoms with Crippen molar-refractivity contribution in [3.05, 3.63) is 146 Å². The molecule has 0 atom stereocenters. The van der Waals surface area contributed by atoms with Gasteiger partial charge < -0.3 is 4.42 Å². The molecule has 0 aliphatic carbocycles. The van der Waals surface area contributed by atoms with Crippen molar-refractivity contribution in [3.63, 3.8) is 0 Å². The van der Waals surface area contributed by atoms with Gasteiger partial charge in [-0.25, -0.2) is 0 Å². The standard InChI is InChI=1S/C42H26O/c1-3-25-19-21-26(22-20-25)30-13-7-8-15-32(30)36-24-28-12-9-18-35-38(28)39-33(36)16-10-17-34(39)40-37-23-27-11-5-6-14-31(27)29(4-2)41(37)43-42(35)40/h3-24H,1-2H2. The molecule has 0 radical (unpaired) electrons. The Morgan fingerprint density at radius 1 is 0.442 bits per heavy atom. The van der Waals surface area contributed by atoms with Crippen molar-refractivity contribution < 1.29 is 4.42 Å². The second-order valence-corrected chi connectivity index (χ2v) is 11.3. The van der Waals surface area contributed by atoms with Gasteiger partial charge in [0.25, 0.3) is 0 Å². The summed E-state index contributed by atoms with van der Waals surface area (Å²) in [4.78, 5) is 0. The van der Waals surface area contributed by atoms with Crippen LogP contribution in [0.15, 0.2) is 139 Å². The quantitative estimate of drug-likeness (QED) is 0.200. The zero-order chi connectivity index (χ0) is 28.7. The Kier molecular flexibility index (Phi) is 4.97. The molecule has 0 saturated heterocycles. The first-order chi connectivity index (χ1) is 21.2. The van der Waals surface area contributed by atoms with Gasteiger partial charge in [0.15, 0.2) is 0 Å². The first-order valence-corrected chi connectivity index (χ1v) is 14.7. The van der Waals surface area contributed by atoms with Crippen LogP contribution >= 0.6 is 0 Å². The van der Waals surface area contributed by atoms with E-state index < -0.39 is 0 Å². The van der Waals surface area contributed by atoms with Crippen molar-refractivity contribution in [2.24, 2.45) is 0 Å². The molecule has 0 unspecified atom stereocenters. The number of fused-ring (bicyclic) bond motifs is 6. The summed E-state index contributed by atoms with van der Waals surface area (Å²) in [5, 5.41) is 12.0. The maximum Gasteiger partial charge on any atom is 0.143 e. The van der Waals surface area contributed by atoms with Crippen LogP contribution in [-0.4, -0.2) is 0 Å². The normalized spacial score (nSPS) is 11.9. The average Bonchev–Trinajstić information content (AvgIpc) is 3.46. The zero-order valence-electron chi connectivity index (χ0n) is 23.5. The highest BCUT2D eigenvalue weighted by atomic mass is 16.3. The van der Waals surface area contributed by atoms with E-state index >= 15 is 0 Å². The van der Waals surface area contributed by atoms with Crippen molar-refractivity contribution in [1.29, 1.82) is 0 Å². The second-order valence-electron chi connectivity index (χ2n) is 11.3. The average molecular weight is 547 g/mol. The van der Waals surface area contributed by atoms with E-state index in [1.807, 2.05) is 12.2 Å². The summed E-state index contributed by atoms with van der Waals surface area (Å²) in [7, 11) is 0. The van der Waals surface area contributed by atoms with E-state index in [1.165, 1.54) is 60.0 Å². The van der Waals surface area contributed by atoms with E-state index in [2.05, 4.69) is 134 Å². The van der Waals surface area contributed by atoms with E-state index in [1.54, 1.807) is 0 Å². The highest BCUT2D eigenvalue weighted by Gasteiger charge is 2.22. The Bertz CT molecular complexity index is 2580. The van der Waals surface area contributed by atoms with Crippen molar-refractivity contribution >= 4 is 77.2 Å². The lowest BCUT2D eigenvalue weighted by molar-refractivity contribution is 0.672. The van der Waals surface area contributed by atoms with E-state index in [0.717, 1.165) is 38.5 Å². The predicted octanol–water partition coefficient (Wildman–Crippen LogP) is 12.3. The molecule has 0 bridgehead atoms. The number of furan rings is 1. The Morgan fingerprint density at radius 2 is 1.14 bits per heavy atom. The number of hydrogen-bond donors (Lipinski definition) is 0. The summed E-state index contributed by atoms with van der Waals surface area (Å²) in [5.74, 6) is 0. The third-order valence-electron chi connectivity index (χ3n) is 9.13. The van der Waals surface area contributed by atoms with Crippen LogP contribution in [0.2, 0.25) is 0 Å². The molecule has 8 aromatic carbocycles. The Balaban J connectivity index is 1.45. The monoisotopic (exact) mass is 546 g/mol. The van der Waals surface area contributed by atoms with Crippen molar-refractivity contribution in [2.75, 3.05) is 0 Å². The number of hydrogen-bond acceptors (Lipinski definition) is 1. The largest absolute Gasteiger partial charge is 0.455 e. The van der Waals surface area contributed by atoms with Crippen LogP contribution in [0.1, 0.15) is 11.1 Å². The summed E-state index contributed by atoms with van der Waals surface area (Å²) < 4.78 is 6.83. The molecule has 200 valence electrons. The molecule has 9 aromatic rings. The summed E-state index contributed by atoms with van der Waals surface area (Å²) >= 11 is 0. The maximum atomic E-state index is 6.83. The van der Waals surface area contributed by atoms with E-state index in [0.29, 0.717) is 0 Å². The van der Waals surface area contributed by atoms with E-state index in [4.69, 9.17) is 4.42 Å². The van der Waals surface area contributed by atoms with Gasteiger partial charge in [0.1, 0.15) is 11.2 Å². The summed E-state index contributed by atoms with van der Waals surface area (Å²) in [6, 6.07) is 43.9. The molecule has 0 N–H and O–H groups in total. The van der Waals surface area contributed by atoms with E-state index in [9.17, 15) is 0 Å². The molecule has 0 fully saturated rings. The summed E-state index contributed by atoms with van der Waals surface area (Å²) in [6.07, 6.45) is 3.82. The van der Waals surface area contributed by atoms with E-state index in [-0.39, 0.29) is 0 Å². The van der Waals surface area contributed by atoms with Crippen LogP contribution in [0.25, 0.3) is 99.4 Å². The fraction of sp³-hybridized carbons (Fsp3) is 0. The van der Waals surface area contributed by atoms with Crippen molar-refractivity contribution in [1.82, 2.24) is 0 Å². The number of benzene rings is 8. The fourth-order valence-electron chi connectivity index (χ4n) is 7.23. The molecule has 0 aliphatic heterocycles. The smallest absolute Gasteiger partial charge is 0.143 e. The van der Waals surface area contributed by atoms with Crippen LogP contribution in [0.5, 0.6) is 0 Å². The van der Waals surface area contributed by atoms with Gasteiger partial charge in [-0.2, -0.15) is 0 Å². The molecule has 1 heteroatoms. The predicted molar refractivity (Wildman–Crippen MR) is 186 cm³/mol. The van der Waals surface area contributed by atoms with Crippen LogP contribution in [0, 0.1) is 0 Å². The van der Waals surface area contributed by atoms with Gasteiger partial charge in [0.05, 0.1) is 0 Å². The molecule has 9 rings (SSSR count). The molecular weight excluding hydrogens is 520 g/mol. The maximum absolute atomic E-state index is 6.83. The van der Waals surface area contributed by atoms with Gasteiger partial charge in [-0.15, -0.1) is 0 Å². The molecule has 0 amide bonds. The van der Waals surface area contributed by atoms with Gasteiger partial charge in [0.2, 0.25) is 0 Å². The molecule has 0 spiro atoms. The molecule has 1 nitrogen and oxygen atoms in total. The lowest BCUT2D eigenvalue weighted by Gasteiger charge is -2.18. The van der Waals surface area contributed by atoms with Gasteiger partial charge in [-0.3, -0.25) is 0 Å². The van der Waals surface area contributed by atoms with Crippen LogP contribution in [0.3, 0.4) is 0 Å². The first kappa shape index (κ1) is 24.0. The zero-order valence-corrected chi connectivity index (χ0v) is 23.5. The third-order valence-corrected chi connectivity index (χ3v) is 9.13. The van der Waals surface area contributed by atoms with Crippen LogP contribution < -0.4 is 0 Å². The lowest BCUT2D eigenvalue weighted by Crippen LogP contribution is -1.91. The minimum absolute atomic E-state index is 0.897. The second kappa shape index (κ2) is 8.92. The summed E-state index contributed by atoms with van der Waals surface area (Å²) in [6.45, 7) is 8.10. The molecule has 43 heavy (non-hydrogen) atoms. The minimum Gasteiger partial charge on any atom is -0.455 e. The van der Waals surface area contributed by atoms with Crippen molar-refractivity contribution in [3.8, 4) is 22.3 Å². The highest BCUT2D eigenvalue weighted by molar-refractivity contribution is 6.38. The van der Waals surface area contributed by atoms with Gasteiger partial charge in [-0.1, -0.05) is 135 Å². The molecule has 1 aromatic heterocycles. The Morgan fingerprint density at radius 3 is 1.98 bits per heavy atom. The van der Waals surface area contributed by atoms with Gasteiger partial charge in [0, 0.05) is 27.1 Å². The van der Waals surface area contributed by atoms with Gasteiger partial charge in [-0.05, 0) is 72.3 Å². The number of rotatable bonds is 4. The SMILES string of the molecule is C=Cc1ccc(-c2ccccc2-c2cc3cccc4c5oc6c(C=C)c7ccccc7cc6c5c5cccc2c5c34)cc1. The van der Waals surface area contributed by atoms with Gasteiger partial charge >= 0.3 is 0 Å². The van der Waals surface area contributed by atoms with Crippen molar-refractivity contribution in [2.45, 2.75) is 0 Å². The Hall–Kier alpha value is -5.66. The Labute approximate surface area is 248 Å². The van der Waals surface area contributed by atoms with Crippen LogP contribution in [0.4, 0.5) is 0 Å². The third kappa shape index (κ3) is 3.28. The summed E-state index contributed by atoms with van der Waals surface area (Å²) in [5.41, 5.74) is 8.87. The molecule has 0 saturated carbocycles.